The van der Waals surface area contributed by atoms with E-state index < -0.39 is 5.97 Å². The lowest BCUT2D eigenvalue weighted by Gasteiger charge is -2.08. The minimum atomic E-state index is -0.424. The Hall–Kier alpha value is -1.15. The van der Waals surface area contributed by atoms with E-state index in [9.17, 15) is 4.79 Å². The van der Waals surface area contributed by atoms with Gasteiger partial charge in [0.1, 0.15) is 5.01 Å². The number of esters is 1. The standard InChI is InChI=1S/C12H11IN2O2S/c1-6-5-18-11(15-6)7-4-10(14)8(3-9(7)13)12(16)17-2/h3-5H,14H2,1-2H3. The van der Waals surface area contributed by atoms with Crippen LogP contribution in [0.2, 0.25) is 0 Å². The molecule has 0 unspecified atom stereocenters. The zero-order valence-corrected chi connectivity index (χ0v) is 12.8. The number of thiazole rings is 1. The van der Waals surface area contributed by atoms with Gasteiger partial charge in [-0.2, -0.15) is 0 Å². The molecule has 0 atom stereocenters. The molecule has 2 N–H and O–H groups in total. The molecule has 0 spiro atoms. The number of hydrogen-bond acceptors (Lipinski definition) is 5. The van der Waals surface area contributed by atoms with E-state index in [-0.39, 0.29) is 0 Å². The first-order valence-corrected chi connectivity index (χ1v) is 7.08. The van der Waals surface area contributed by atoms with Gasteiger partial charge in [-0.25, -0.2) is 9.78 Å². The minimum Gasteiger partial charge on any atom is -0.465 e. The van der Waals surface area contributed by atoms with Crippen molar-refractivity contribution in [2.45, 2.75) is 6.92 Å². The number of anilines is 1. The van der Waals surface area contributed by atoms with Crippen molar-refractivity contribution in [3.63, 3.8) is 0 Å². The van der Waals surface area contributed by atoms with Crippen LogP contribution in [0.25, 0.3) is 10.6 Å². The van der Waals surface area contributed by atoms with E-state index in [0.717, 1.165) is 19.8 Å². The molecule has 2 aromatic rings. The second kappa shape index (κ2) is 5.23. The highest BCUT2D eigenvalue weighted by molar-refractivity contribution is 14.1. The van der Waals surface area contributed by atoms with Crippen LogP contribution in [-0.2, 0) is 4.74 Å². The fourth-order valence-corrected chi connectivity index (χ4v) is 3.25. The van der Waals surface area contributed by atoms with Crippen LogP contribution >= 0.6 is 33.9 Å². The van der Waals surface area contributed by atoms with Gasteiger partial charge in [0.2, 0.25) is 0 Å². The molecular formula is C12H11IN2O2S. The molecule has 1 aromatic heterocycles. The number of aryl methyl sites for hydroxylation is 1. The highest BCUT2D eigenvalue weighted by Gasteiger charge is 2.15. The number of nitrogens with zero attached hydrogens (tertiary/aromatic N) is 1. The molecule has 0 bridgehead atoms. The zero-order chi connectivity index (χ0) is 13.3. The Kier molecular flexibility index (Phi) is 3.86. The normalized spacial score (nSPS) is 10.4. The molecule has 1 heterocycles. The number of halogens is 1. The summed E-state index contributed by atoms with van der Waals surface area (Å²) in [4.78, 5) is 15.9. The monoisotopic (exact) mass is 374 g/mol. The molecule has 0 saturated carbocycles. The van der Waals surface area contributed by atoms with Gasteiger partial charge >= 0.3 is 5.97 Å². The maximum absolute atomic E-state index is 11.5. The molecule has 1 aromatic carbocycles. The fraction of sp³-hybridized carbons (Fsp3) is 0.167. The van der Waals surface area contributed by atoms with E-state index >= 15 is 0 Å². The second-order valence-corrected chi connectivity index (χ2v) is 5.73. The molecule has 94 valence electrons. The van der Waals surface area contributed by atoms with Gasteiger partial charge in [-0.1, -0.05) is 0 Å². The Bertz CT molecular complexity index is 610. The molecule has 2 rings (SSSR count). The van der Waals surface area contributed by atoms with Crippen molar-refractivity contribution in [3.8, 4) is 10.6 Å². The van der Waals surface area contributed by atoms with Gasteiger partial charge in [0, 0.05) is 25.9 Å². The first-order valence-electron chi connectivity index (χ1n) is 5.12. The number of benzene rings is 1. The van der Waals surface area contributed by atoms with Crippen molar-refractivity contribution in [2.75, 3.05) is 12.8 Å². The highest BCUT2D eigenvalue weighted by Crippen LogP contribution is 2.31. The predicted octanol–water partition coefficient (Wildman–Crippen LogP) is 3.09. The third-order valence-electron chi connectivity index (χ3n) is 2.39. The average Bonchev–Trinajstić information content (AvgIpc) is 2.77. The van der Waals surface area contributed by atoms with E-state index in [1.807, 2.05) is 12.3 Å². The molecule has 0 fully saturated rings. The molecule has 4 nitrogen and oxygen atoms in total. The number of carbonyl (C=O) groups excluding carboxylic acids is 1. The number of ether oxygens (including phenoxy) is 1. The first kappa shape index (κ1) is 13.3. The van der Waals surface area contributed by atoms with Crippen molar-refractivity contribution in [1.29, 1.82) is 0 Å². The average molecular weight is 374 g/mol. The fourth-order valence-electron chi connectivity index (χ4n) is 1.52. The van der Waals surface area contributed by atoms with E-state index in [4.69, 9.17) is 5.73 Å². The molecule has 0 amide bonds. The number of nitrogens with two attached hydrogens (primary N) is 1. The van der Waals surface area contributed by atoms with E-state index in [2.05, 4.69) is 32.3 Å². The number of carbonyl (C=O) groups is 1. The first-order chi connectivity index (χ1) is 8.52. The van der Waals surface area contributed by atoms with Crippen LogP contribution in [0.5, 0.6) is 0 Å². The van der Waals surface area contributed by atoms with Crippen LogP contribution in [0.15, 0.2) is 17.5 Å². The van der Waals surface area contributed by atoms with Gasteiger partial charge in [0.25, 0.3) is 0 Å². The molecule has 6 heteroatoms. The van der Waals surface area contributed by atoms with Crippen LogP contribution in [0.4, 0.5) is 5.69 Å². The summed E-state index contributed by atoms with van der Waals surface area (Å²) in [5, 5.41) is 2.88. The van der Waals surface area contributed by atoms with Crippen LogP contribution in [0.3, 0.4) is 0 Å². The summed E-state index contributed by atoms with van der Waals surface area (Å²) in [6, 6.07) is 3.50. The van der Waals surface area contributed by atoms with Gasteiger partial charge in [-0.05, 0) is 41.6 Å². The van der Waals surface area contributed by atoms with Crippen molar-refractivity contribution < 1.29 is 9.53 Å². The van der Waals surface area contributed by atoms with E-state index in [1.54, 1.807) is 23.5 Å². The van der Waals surface area contributed by atoms with Crippen LogP contribution in [0.1, 0.15) is 16.1 Å². The second-order valence-electron chi connectivity index (χ2n) is 3.70. The third kappa shape index (κ3) is 2.49. The Morgan fingerprint density at radius 1 is 1.50 bits per heavy atom. The quantitative estimate of drug-likeness (QED) is 0.499. The summed E-state index contributed by atoms with van der Waals surface area (Å²) >= 11 is 3.73. The van der Waals surface area contributed by atoms with Crippen molar-refractivity contribution in [3.05, 3.63) is 32.3 Å². The van der Waals surface area contributed by atoms with Crippen molar-refractivity contribution in [2.24, 2.45) is 0 Å². The third-order valence-corrected chi connectivity index (χ3v) is 4.28. The van der Waals surface area contributed by atoms with Gasteiger partial charge in [0.15, 0.2) is 0 Å². The zero-order valence-electron chi connectivity index (χ0n) is 9.86. The lowest BCUT2D eigenvalue weighted by Crippen LogP contribution is -2.06. The number of aromatic nitrogens is 1. The van der Waals surface area contributed by atoms with Crippen LogP contribution < -0.4 is 5.73 Å². The number of methoxy groups -OCH3 is 1. The Morgan fingerprint density at radius 2 is 2.22 bits per heavy atom. The predicted molar refractivity (Wildman–Crippen MR) is 80.8 cm³/mol. The largest absolute Gasteiger partial charge is 0.465 e. The summed E-state index contributed by atoms with van der Waals surface area (Å²) in [7, 11) is 1.34. The topological polar surface area (TPSA) is 65.2 Å². The maximum Gasteiger partial charge on any atom is 0.339 e. The van der Waals surface area contributed by atoms with Crippen LogP contribution in [-0.4, -0.2) is 18.1 Å². The summed E-state index contributed by atoms with van der Waals surface area (Å²) in [6.07, 6.45) is 0. The molecule has 0 saturated heterocycles. The summed E-state index contributed by atoms with van der Waals surface area (Å²) in [5.41, 5.74) is 8.60. The Balaban J connectivity index is 2.52. The van der Waals surface area contributed by atoms with Crippen LogP contribution in [0, 0.1) is 10.5 Å². The van der Waals surface area contributed by atoms with Gasteiger partial charge in [-0.3, -0.25) is 0 Å². The molecular weight excluding hydrogens is 363 g/mol. The van der Waals surface area contributed by atoms with Crippen molar-refractivity contribution >= 4 is 45.6 Å². The Morgan fingerprint density at radius 3 is 2.78 bits per heavy atom. The Labute approximate surface area is 122 Å². The molecule has 0 aliphatic heterocycles. The summed E-state index contributed by atoms with van der Waals surface area (Å²) in [6.45, 7) is 1.94. The van der Waals surface area contributed by atoms with E-state index in [0.29, 0.717) is 11.3 Å². The van der Waals surface area contributed by atoms with Crippen molar-refractivity contribution in [1.82, 2.24) is 4.98 Å². The molecule has 0 aliphatic carbocycles. The summed E-state index contributed by atoms with van der Waals surface area (Å²) < 4.78 is 5.61. The van der Waals surface area contributed by atoms with Gasteiger partial charge in [0.05, 0.1) is 12.7 Å². The molecule has 18 heavy (non-hydrogen) atoms. The maximum atomic E-state index is 11.5. The highest BCUT2D eigenvalue weighted by atomic mass is 127. The lowest BCUT2D eigenvalue weighted by atomic mass is 10.1. The molecule has 0 aliphatic rings. The lowest BCUT2D eigenvalue weighted by molar-refractivity contribution is 0.0602. The van der Waals surface area contributed by atoms with E-state index in [1.165, 1.54) is 7.11 Å². The minimum absolute atomic E-state index is 0.388. The number of nitrogen functional groups attached to an aromatic ring is 1. The van der Waals surface area contributed by atoms with Gasteiger partial charge in [-0.15, -0.1) is 11.3 Å². The van der Waals surface area contributed by atoms with Gasteiger partial charge < -0.3 is 10.5 Å². The molecule has 0 radical (unpaired) electrons. The number of hydrogen-bond donors (Lipinski definition) is 1. The number of rotatable bonds is 2. The smallest absolute Gasteiger partial charge is 0.339 e. The SMILES string of the molecule is COC(=O)c1cc(I)c(-c2nc(C)cs2)cc1N. The summed E-state index contributed by atoms with van der Waals surface area (Å²) in [5.74, 6) is -0.424.